The Morgan fingerprint density at radius 1 is 1.14 bits per heavy atom. The number of benzene rings is 2. The average molecular weight is 391 g/mol. The lowest BCUT2D eigenvalue weighted by atomic mass is 10.0. The van der Waals surface area contributed by atoms with Gasteiger partial charge in [0, 0.05) is 19.0 Å². The molecule has 4 rings (SSSR count). The van der Waals surface area contributed by atoms with Crippen molar-refractivity contribution in [3.8, 4) is 5.75 Å². The second-order valence-electron chi connectivity index (χ2n) is 7.35. The Kier molecular flexibility index (Phi) is 5.34. The highest BCUT2D eigenvalue weighted by molar-refractivity contribution is 5.88. The van der Waals surface area contributed by atoms with Gasteiger partial charge in [-0.25, -0.2) is 4.68 Å². The molecule has 1 aromatic heterocycles. The molecule has 0 radical (unpaired) electrons. The number of amides is 1. The summed E-state index contributed by atoms with van der Waals surface area (Å²) in [5.74, 6) is 0.880. The topological polar surface area (TPSA) is 64.4 Å². The van der Waals surface area contributed by atoms with Crippen molar-refractivity contribution >= 4 is 16.7 Å². The molecule has 1 fully saturated rings. The number of ether oxygens (including phenoxy) is 1. The largest absolute Gasteiger partial charge is 0.494 e. The zero-order valence-electron chi connectivity index (χ0n) is 16.8. The van der Waals surface area contributed by atoms with Gasteiger partial charge in [-0.05, 0) is 43.5 Å². The van der Waals surface area contributed by atoms with E-state index >= 15 is 0 Å². The number of likely N-dealkylation sites (tertiary alicyclic amines) is 1. The molecule has 6 nitrogen and oxygen atoms in total. The first-order valence-corrected chi connectivity index (χ1v) is 10.1. The van der Waals surface area contributed by atoms with Crippen LogP contribution in [-0.4, -0.2) is 33.7 Å². The number of aryl methyl sites for hydroxylation is 1. The molecule has 1 atom stereocenters. The highest BCUT2D eigenvalue weighted by Gasteiger charge is 2.30. The third kappa shape index (κ3) is 3.75. The Morgan fingerprint density at radius 2 is 1.86 bits per heavy atom. The van der Waals surface area contributed by atoms with Crippen LogP contribution >= 0.6 is 0 Å². The van der Waals surface area contributed by atoms with Gasteiger partial charge < -0.3 is 9.64 Å². The Labute approximate surface area is 169 Å². The molecule has 2 heterocycles. The summed E-state index contributed by atoms with van der Waals surface area (Å²) >= 11 is 0. The van der Waals surface area contributed by atoms with Gasteiger partial charge in [-0.3, -0.25) is 9.59 Å². The van der Waals surface area contributed by atoms with Gasteiger partial charge in [0.05, 0.1) is 30.1 Å². The van der Waals surface area contributed by atoms with Gasteiger partial charge in [-0.2, -0.15) is 5.10 Å². The molecule has 1 amide bonds. The minimum atomic E-state index is -0.148. The summed E-state index contributed by atoms with van der Waals surface area (Å²) in [6.45, 7) is 3.33. The molecule has 150 valence electrons. The average Bonchev–Trinajstić information content (AvgIpc) is 3.23. The van der Waals surface area contributed by atoms with Crippen LogP contribution in [0.5, 0.6) is 5.75 Å². The molecular weight excluding hydrogens is 366 g/mol. The molecular formula is C23H25N3O3. The Morgan fingerprint density at radius 3 is 2.59 bits per heavy atom. The number of hydrogen-bond donors (Lipinski definition) is 0. The highest BCUT2D eigenvalue weighted by atomic mass is 16.5. The highest BCUT2D eigenvalue weighted by Crippen LogP contribution is 2.33. The smallest absolute Gasteiger partial charge is 0.274 e. The van der Waals surface area contributed by atoms with E-state index in [9.17, 15) is 9.59 Å². The Bertz CT molecular complexity index is 1090. The minimum absolute atomic E-state index is 0.0395. The SMILES string of the molecule is CCOc1ccc(C2CCCN2C(=O)Cc2nn(C)c(=O)c3ccccc23)cc1. The van der Waals surface area contributed by atoms with Crippen molar-refractivity contribution in [2.45, 2.75) is 32.2 Å². The van der Waals surface area contributed by atoms with Crippen LogP contribution < -0.4 is 10.3 Å². The molecule has 6 heteroatoms. The molecule has 2 aromatic carbocycles. The lowest BCUT2D eigenvalue weighted by molar-refractivity contribution is -0.131. The Balaban J connectivity index is 1.59. The van der Waals surface area contributed by atoms with E-state index in [4.69, 9.17) is 4.74 Å². The number of hydrogen-bond acceptors (Lipinski definition) is 4. The van der Waals surface area contributed by atoms with Crippen LogP contribution in [0, 0.1) is 0 Å². The van der Waals surface area contributed by atoms with Gasteiger partial charge in [0.2, 0.25) is 5.91 Å². The lowest BCUT2D eigenvalue weighted by Crippen LogP contribution is -2.33. The van der Waals surface area contributed by atoms with Crippen molar-refractivity contribution in [3.05, 3.63) is 70.1 Å². The van der Waals surface area contributed by atoms with Gasteiger partial charge in [0.25, 0.3) is 5.56 Å². The molecule has 0 saturated carbocycles. The minimum Gasteiger partial charge on any atom is -0.494 e. The summed E-state index contributed by atoms with van der Waals surface area (Å²) in [7, 11) is 1.63. The maximum atomic E-state index is 13.2. The number of carbonyl (C=O) groups is 1. The molecule has 0 N–H and O–H groups in total. The Hall–Kier alpha value is -3.15. The lowest BCUT2D eigenvalue weighted by Gasteiger charge is -2.25. The van der Waals surface area contributed by atoms with E-state index in [1.54, 1.807) is 13.1 Å². The molecule has 3 aromatic rings. The van der Waals surface area contributed by atoms with E-state index in [1.165, 1.54) is 4.68 Å². The summed E-state index contributed by atoms with van der Waals surface area (Å²) in [5, 5.41) is 5.73. The number of nitrogens with zero attached hydrogens (tertiary/aromatic N) is 3. The summed E-state index contributed by atoms with van der Waals surface area (Å²) in [5.41, 5.74) is 1.62. The van der Waals surface area contributed by atoms with Crippen LogP contribution in [0.15, 0.2) is 53.3 Å². The predicted octanol–water partition coefficient (Wildman–Crippen LogP) is 3.24. The third-order valence-corrected chi connectivity index (χ3v) is 5.50. The van der Waals surface area contributed by atoms with Crippen LogP contribution in [0.3, 0.4) is 0 Å². The fourth-order valence-corrected chi connectivity index (χ4v) is 4.12. The quantitative estimate of drug-likeness (QED) is 0.670. The maximum absolute atomic E-state index is 13.2. The molecule has 0 aliphatic carbocycles. The van der Waals surface area contributed by atoms with E-state index in [0.29, 0.717) is 17.7 Å². The fourth-order valence-electron chi connectivity index (χ4n) is 4.12. The number of fused-ring (bicyclic) bond motifs is 1. The van der Waals surface area contributed by atoms with Gasteiger partial charge in [-0.15, -0.1) is 0 Å². The van der Waals surface area contributed by atoms with Gasteiger partial charge >= 0.3 is 0 Å². The summed E-state index contributed by atoms with van der Waals surface area (Å²) in [6.07, 6.45) is 2.11. The van der Waals surface area contributed by atoms with E-state index in [0.717, 1.165) is 36.1 Å². The van der Waals surface area contributed by atoms with Gasteiger partial charge in [0.1, 0.15) is 5.75 Å². The van der Waals surface area contributed by atoms with Crippen LogP contribution in [0.2, 0.25) is 0 Å². The zero-order valence-corrected chi connectivity index (χ0v) is 16.8. The summed E-state index contributed by atoms with van der Waals surface area (Å²) in [6, 6.07) is 15.4. The number of rotatable bonds is 5. The predicted molar refractivity (Wildman–Crippen MR) is 112 cm³/mol. The first kappa shape index (κ1) is 19.2. The molecule has 1 aliphatic rings. The van der Waals surface area contributed by atoms with Gasteiger partial charge in [0.15, 0.2) is 0 Å². The van der Waals surface area contributed by atoms with Crippen molar-refractivity contribution in [3.63, 3.8) is 0 Å². The second-order valence-corrected chi connectivity index (χ2v) is 7.35. The second kappa shape index (κ2) is 8.07. The van der Waals surface area contributed by atoms with Crippen LogP contribution in [0.1, 0.15) is 37.1 Å². The molecule has 1 saturated heterocycles. The van der Waals surface area contributed by atoms with Crippen molar-refractivity contribution < 1.29 is 9.53 Å². The van der Waals surface area contributed by atoms with E-state index < -0.39 is 0 Å². The van der Waals surface area contributed by atoms with Crippen LogP contribution in [-0.2, 0) is 18.3 Å². The van der Waals surface area contributed by atoms with Crippen molar-refractivity contribution in [2.24, 2.45) is 7.05 Å². The fraction of sp³-hybridized carbons (Fsp3) is 0.348. The van der Waals surface area contributed by atoms with E-state index in [-0.39, 0.29) is 23.9 Å². The van der Waals surface area contributed by atoms with E-state index in [1.807, 2.05) is 54.3 Å². The van der Waals surface area contributed by atoms with Crippen molar-refractivity contribution in [2.75, 3.05) is 13.2 Å². The monoisotopic (exact) mass is 391 g/mol. The van der Waals surface area contributed by atoms with Crippen LogP contribution in [0.4, 0.5) is 0 Å². The van der Waals surface area contributed by atoms with E-state index in [2.05, 4.69) is 5.10 Å². The van der Waals surface area contributed by atoms with Crippen molar-refractivity contribution in [1.29, 1.82) is 0 Å². The standard InChI is InChI=1S/C23H25N3O3/c1-3-29-17-12-10-16(11-13-17)21-9-6-14-26(21)22(27)15-20-18-7-4-5-8-19(18)23(28)25(2)24-20/h4-5,7-8,10-13,21H,3,6,9,14-15H2,1-2H3. The third-order valence-electron chi connectivity index (χ3n) is 5.50. The number of carbonyl (C=O) groups excluding carboxylic acids is 1. The normalized spacial score (nSPS) is 16.3. The molecule has 1 aliphatic heterocycles. The van der Waals surface area contributed by atoms with Crippen LogP contribution in [0.25, 0.3) is 10.8 Å². The van der Waals surface area contributed by atoms with Gasteiger partial charge in [-0.1, -0.05) is 30.3 Å². The molecule has 0 bridgehead atoms. The summed E-state index contributed by atoms with van der Waals surface area (Å²) < 4.78 is 6.84. The summed E-state index contributed by atoms with van der Waals surface area (Å²) in [4.78, 5) is 27.5. The first-order chi connectivity index (χ1) is 14.1. The zero-order chi connectivity index (χ0) is 20.4. The molecule has 0 spiro atoms. The first-order valence-electron chi connectivity index (χ1n) is 10.1. The maximum Gasteiger partial charge on any atom is 0.274 e. The number of aromatic nitrogens is 2. The van der Waals surface area contributed by atoms with Crippen molar-refractivity contribution in [1.82, 2.24) is 14.7 Å². The molecule has 29 heavy (non-hydrogen) atoms. The molecule has 1 unspecified atom stereocenters.